The Morgan fingerprint density at radius 3 is 2.48 bits per heavy atom. The smallest absolute Gasteiger partial charge is 0.119 e. The maximum atomic E-state index is 5.31. The average molecular weight is 329 g/mol. The van der Waals surface area contributed by atoms with Crippen LogP contribution >= 0.6 is 0 Å². The van der Waals surface area contributed by atoms with E-state index in [-0.39, 0.29) is 0 Å². The molecule has 0 fully saturated rings. The molecular formula is C23H23NO. The van der Waals surface area contributed by atoms with Crippen LogP contribution in [-0.2, 0) is 6.54 Å². The van der Waals surface area contributed by atoms with Gasteiger partial charge in [-0.15, -0.1) is 0 Å². The van der Waals surface area contributed by atoms with Crippen LogP contribution < -0.4 is 4.74 Å². The van der Waals surface area contributed by atoms with Crippen LogP contribution in [0.1, 0.15) is 17.5 Å². The monoisotopic (exact) mass is 329 g/mol. The van der Waals surface area contributed by atoms with Gasteiger partial charge in [0, 0.05) is 19.6 Å². The Bertz CT molecular complexity index is 898. The van der Waals surface area contributed by atoms with Crippen LogP contribution in [0.3, 0.4) is 0 Å². The number of rotatable bonds is 4. The van der Waals surface area contributed by atoms with Crippen LogP contribution in [0.4, 0.5) is 0 Å². The fraction of sp³-hybridized carbons (Fsp3) is 0.217. The van der Waals surface area contributed by atoms with Crippen molar-refractivity contribution in [3.8, 4) is 5.75 Å². The van der Waals surface area contributed by atoms with E-state index in [1.165, 1.54) is 27.5 Å². The fourth-order valence-corrected chi connectivity index (χ4v) is 3.51. The molecule has 4 rings (SSSR count). The minimum Gasteiger partial charge on any atom is -0.497 e. The van der Waals surface area contributed by atoms with Gasteiger partial charge >= 0.3 is 0 Å². The largest absolute Gasteiger partial charge is 0.497 e. The SMILES string of the molecule is COc1ccc2cc(C3=CCN(Cc4ccccc4)CC3)ccc2c1. The van der Waals surface area contributed by atoms with Crippen LogP contribution in [0.2, 0.25) is 0 Å². The highest BCUT2D eigenvalue weighted by Gasteiger charge is 2.13. The van der Waals surface area contributed by atoms with Crippen LogP contribution in [0.25, 0.3) is 16.3 Å². The summed E-state index contributed by atoms with van der Waals surface area (Å²) in [6.07, 6.45) is 3.49. The number of fused-ring (bicyclic) bond motifs is 1. The summed E-state index contributed by atoms with van der Waals surface area (Å²) in [5.41, 5.74) is 4.19. The van der Waals surface area contributed by atoms with E-state index < -0.39 is 0 Å². The van der Waals surface area contributed by atoms with Gasteiger partial charge in [0.2, 0.25) is 0 Å². The standard InChI is InChI=1S/C23H23NO/c1-25-23-10-9-21-15-20(7-8-22(21)16-23)19-11-13-24(14-12-19)17-18-5-3-2-4-6-18/h2-11,15-16H,12-14,17H2,1H3. The Morgan fingerprint density at radius 1 is 0.920 bits per heavy atom. The van der Waals surface area contributed by atoms with Crippen molar-refractivity contribution in [3.63, 3.8) is 0 Å². The number of methoxy groups -OCH3 is 1. The Morgan fingerprint density at radius 2 is 1.72 bits per heavy atom. The highest BCUT2D eigenvalue weighted by molar-refractivity contribution is 5.87. The van der Waals surface area contributed by atoms with Crippen molar-refractivity contribution in [2.45, 2.75) is 13.0 Å². The Labute approximate surface area is 149 Å². The second-order valence-corrected chi connectivity index (χ2v) is 6.63. The first kappa shape index (κ1) is 15.9. The van der Waals surface area contributed by atoms with Gasteiger partial charge in [-0.3, -0.25) is 4.90 Å². The Balaban J connectivity index is 1.50. The van der Waals surface area contributed by atoms with Crippen LogP contribution in [0.15, 0.2) is 72.8 Å². The molecule has 2 nitrogen and oxygen atoms in total. The van der Waals surface area contributed by atoms with Gasteiger partial charge in [0.1, 0.15) is 5.75 Å². The lowest BCUT2D eigenvalue weighted by atomic mass is 9.96. The minimum absolute atomic E-state index is 0.911. The highest BCUT2D eigenvalue weighted by atomic mass is 16.5. The van der Waals surface area contributed by atoms with Crippen molar-refractivity contribution < 1.29 is 4.74 Å². The predicted molar refractivity (Wildman–Crippen MR) is 105 cm³/mol. The normalized spacial score (nSPS) is 15.2. The summed E-state index contributed by atoms with van der Waals surface area (Å²) in [5, 5.41) is 2.50. The van der Waals surface area contributed by atoms with E-state index in [1.807, 2.05) is 6.07 Å². The molecule has 0 saturated heterocycles. The summed E-state index contributed by atoms with van der Waals surface area (Å²) in [4.78, 5) is 2.50. The molecule has 0 saturated carbocycles. The molecule has 1 aliphatic heterocycles. The lowest BCUT2D eigenvalue weighted by molar-refractivity contribution is 0.294. The lowest BCUT2D eigenvalue weighted by Gasteiger charge is -2.26. The molecule has 0 bridgehead atoms. The molecule has 1 aliphatic rings. The van der Waals surface area contributed by atoms with Gasteiger partial charge in [-0.1, -0.05) is 54.6 Å². The van der Waals surface area contributed by atoms with Crippen molar-refractivity contribution >= 4 is 16.3 Å². The summed E-state index contributed by atoms with van der Waals surface area (Å²) < 4.78 is 5.31. The molecule has 0 unspecified atom stereocenters. The first-order valence-electron chi connectivity index (χ1n) is 8.85. The Kier molecular flexibility index (Phi) is 4.53. The third kappa shape index (κ3) is 3.59. The molecule has 0 aromatic heterocycles. The third-order valence-electron chi connectivity index (χ3n) is 4.96. The molecular weight excluding hydrogens is 306 g/mol. The molecule has 25 heavy (non-hydrogen) atoms. The summed E-state index contributed by atoms with van der Waals surface area (Å²) in [5.74, 6) is 0.911. The summed E-state index contributed by atoms with van der Waals surface area (Å²) >= 11 is 0. The number of ether oxygens (including phenoxy) is 1. The van der Waals surface area contributed by atoms with Crippen LogP contribution in [-0.4, -0.2) is 25.1 Å². The quantitative estimate of drug-likeness (QED) is 0.657. The summed E-state index contributed by atoms with van der Waals surface area (Å²) in [6, 6.07) is 23.7. The Hall–Kier alpha value is -2.58. The second-order valence-electron chi connectivity index (χ2n) is 6.63. The van der Waals surface area contributed by atoms with E-state index in [0.29, 0.717) is 0 Å². The van der Waals surface area contributed by atoms with Crippen molar-refractivity contribution in [1.29, 1.82) is 0 Å². The molecule has 0 amide bonds. The van der Waals surface area contributed by atoms with Gasteiger partial charge in [-0.2, -0.15) is 0 Å². The maximum Gasteiger partial charge on any atom is 0.119 e. The van der Waals surface area contributed by atoms with Crippen molar-refractivity contribution in [2.75, 3.05) is 20.2 Å². The maximum absolute atomic E-state index is 5.31. The fourth-order valence-electron chi connectivity index (χ4n) is 3.51. The second kappa shape index (κ2) is 7.12. The average Bonchev–Trinajstić information content (AvgIpc) is 2.68. The minimum atomic E-state index is 0.911. The molecule has 1 heterocycles. The third-order valence-corrected chi connectivity index (χ3v) is 4.96. The molecule has 0 N–H and O–H groups in total. The van der Waals surface area contributed by atoms with E-state index in [9.17, 15) is 0 Å². The molecule has 0 spiro atoms. The topological polar surface area (TPSA) is 12.5 Å². The van der Waals surface area contributed by atoms with E-state index >= 15 is 0 Å². The zero-order valence-electron chi connectivity index (χ0n) is 14.6. The number of hydrogen-bond acceptors (Lipinski definition) is 2. The van der Waals surface area contributed by atoms with Gasteiger partial charge in [-0.25, -0.2) is 0 Å². The van der Waals surface area contributed by atoms with E-state index in [0.717, 1.165) is 31.8 Å². The van der Waals surface area contributed by atoms with Gasteiger partial charge in [0.05, 0.1) is 7.11 Å². The number of benzene rings is 3. The molecule has 2 heteroatoms. The molecule has 0 radical (unpaired) electrons. The van der Waals surface area contributed by atoms with E-state index in [2.05, 4.69) is 71.6 Å². The summed E-state index contributed by atoms with van der Waals surface area (Å²) in [6.45, 7) is 3.16. The van der Waals surface area contributed by atoms with Crippen molar-refractivity contribution in [1.82, 2.24) is 4.90 Å². The molecule has 3 aromatic rings. The van der Waals surface area contributed by atoms with Gasteiger partial charge in [0.15, 0.2) is 0 Å². The van der Waals surface area contributed by atoms with Crippen LogP contribution in [0.5, 0.6) is 5.75 Å². The molecule has 0 atom stereocenters. The molecule has 0 aliphatic carbocycles. The zero-order valence-corrected chi connectivity index (χ0v) is 14.6. The zero-order chi connectivity index (χ0) is 17.1. The van der Waals surface area contributed by atoms with Crippen molar-refractivity contribution in [2.24, 2.45) is 0 Å². The first-order valence-corrected chi connectivity index (χ1v) is 8.85. The predicted octanol–water partition coefficient (Wildman–Crippen LogP) is 5.14. The summed E-state index contributed by atoms with van der Waals surface area (Å²) in [7, 11) is 1.71. The van der Waals surface area contributed by atoms with Crippen LogP contribution in [0, 0.1) is 0 Å². The van der Waals surface area contributed by atoms with Gasteiger partial charge in [-0.05, 0) is 52.1 Å². The van der Waals surface area contributed by atoms with Gasteiger partial charge < -0.3 is 4.74 Å². The highest BCUT2D eigenvalue weighted by Crippen LogP contribution is 2.28. The molecule has 3 aromatic carbocycles. The van der Waals surface area contributed by atoms with E-state index in [1.54, 1.807) is 7.11 Å². The number of hydrogen-bond donors (Lipinski definition) is 0. The van der Waals surface area contributed by atoms with E-state index in [4.69, 9.17) is 4.74 Å². The molecule has 126 valence electrons. The first-order chi connectivity index (χ1) is 12.3. The number of nitrogens with zero attached hydrogens (tertiary/aromatic N) is 1. The van der Waals surface area contributed by atoms with Crippen molar-refractivity contribution in [3.05, 3.63) is 83.9 Å². The lowest BCUT2D eigenvalue weighted by Crippen LogP contribution is -2.27. The van der Waals surface area contributed by atoms with Gasteiger partial charge in [0.25, 0.3) is 0 Å².